The molecule has 4 rings (SSSR count). The second-order valence-electron chi connectivity index (χ2n) is 9.66. The predicted molar refractivity (Wildman–Crippen MR) is 153 cm³/mol. The number of carbonyl (C=O) groups is 1. The molecule has 0 aliphatic carbocycles. The zero-order valence-corrected chi connectivity index (χ0v) is 24.9. The van der Waals surface area contributed by atoms with Crippen molar-refractivity contribution < 1.29 is 13.2 Å². The predicted octanol–water partition coefficient (Wildman–Crippen LogP) is 5.36. The molecule has 1 fully saturated rings. The first-order valence-electron chi connectivity index (χ1n) is 11.7. The van der Waals surface area contributed by atoms with Gasteiger partial charge in [-0.2, -0.15) is 4.31 Å². The fourth-order valence-corrected chi connectivity index (χ4v) is 7.68. The number of benzene rings is 2. The van der Waals surface area contributed by atoms with Crippen LogP contribution in [0.5, 0.6) is 0 Å². The van der Waals surface area contributed by atoms with Crippen molar-refractivity contribution in [1.29, 1.82) is 0 Å². The molecule has 0 bridgehead atoms. The quantitative estimate of drug-likeness (QED) is 0.358. The van der Waals surface area contributed by atoms with Gasteiger partial charge in [-0.1, -0.05) is 41.1 Å². The summed E-state index contributed by atoms with van der Waals surface area (Å²) in [6.07, 6.45) is 1.03. The smallest absolute Gasteiger partial charge is 0.260 e. The molecule has 0 saturated carbocycles. The lowest BCUT2D eigenvalue weighted by atomic mass is 9.94. The van der Waals surface area contributed by atoms with Crippen molar-refractivity contribution in [2.75, 3.05) is 45.2 Å². The molecule has 196 valence electrons. The van der Waals surface area contributed by atoms with Crippen molar-refractivity contribution in [3.8, 4) is 0 Å². The third kappa shape index (κ3) is 6.46. The summed E-state index contributed by atoms with van der Waals surface area (Å²) in [7, 11) is 0.318. The molecule has 7 nitrogen and oxygen atoms in total. The summed E-state index contributed by atoms with van der Waals surface area (Å²) < 4.78 is 30.0. The lowest BCUT2D eigenvalue weighted by Crippen LogP contribution is -2.42. The van der Waals surface area contributed by atoms with Crippen LogP contribution in [0.1, 0.15) is 30.6 Å². The molecule has 1 saturated heterocycles. The number of aromatic nitrogens is 1. The molecule has 1 amide bonds. The Morgan fingerprint density at radius 1 is 1.08 bits per heavy atom. The van der Waals surface area contributed by atoms with Gasteiger partial charge in [-0.15, -0.1) is 12.4 Å². The van der Waals surface area contributed by atoms with Crippen LogP contribution in [0.3, 0.4) is 0 Å². The molecule has 0 radical (unpaired) electrons. The fourth-order valence-electron chi connectivity index (χ4n) is 4.46. The van der Waals surface area contributed by atoms with Crippen molar-refractivity contribution >= 4 is 71.0 Å². The molecule has 36 heavy (non-hydrogen) atoms. The summed E-state index contributed by atoms with van der Waals surface area (Å²) in [4.78, 5) is 22.2. The van der Waals surface area contributed by atoms with Gasteiger partial charge in [-0.25, -0.2) is 13.4 Å². The minimum atomic E-state index is -3.60. The van der Waals surface area contributed by atoms with Crippen LogP contribution in [0.15, 0.2) is 51.8 Å². The van der Waals surface area contributed by atoms with Gasteiger partial charge in [0.15, 0.2) is 5.13 Å². The van der Waals surface area contributed by atoms with Crippen LogP contribution in [-0.4, -0.2) is 68.8 Å². The van der Waals surface area contributed by atoms with Crippen molar-refractivity contribution in [2.24, 2.45) is 11.8 Å². The molecule has 0 spiro atoms. The van der Waals surface area contributed by atoms with Gasteiger partial charge in [0.2, 0.25) is 10.0 Å². The number of thiazole rings is 1. The van der Waals surface area contributed by atoms with Crippen molar-refractivity contribution in [3.63, 3.8) is 0 Å². The Bertz CT molecular complexity index is 1300. The number of hydrogen-bond donors (Lipinski definition) is 0. The average molecular weight is 616 g/mol. The van der Waals surface area contributed by atoms with E-state index in [-0.39, 0.29) is 23.2 Å². The van der Waals surface area contributed by atoms with Gasteiger partial charge in [0.05, 0.1) is 15.1 Å². The van der Waals surface area contributed by atoms with Crippen LogP contribution in [0.4, 0.5) is 5.13 Å². The van der Waals surface area contributed by atoms with E-state index >= 15 is 0 Å². The summed E-state index contributed by atoms with van der Waals surface area (Å²) >= 11 is 4.95. The first-order valence-corrected chi connectivity index (χ1v) is 14.7. The van der Waals surface area contributed by atoms with E-state index in [9.17, 15) is 13.2 Å². The first-order chi connectivity index (χ1) is 16.5. The average Bonchev–Trinajstić information content (AvgIpc) is 3.21. The lowest BCUT2D eigenvalue weighted by Gasteiger charge is -2.34. The number of nitrogens with zero attached hydrogens (tertiary/aromatic N) is 4. The van der Waals surface area contributed by atoms with Crippen molar-refractivity contribution in [1.82, 2.24) is 14.2 Å². The maximum Gasteiger partial charge on any atom is 0.260 e. The standard InChI is InChI=1S/C25H31BrN4O3S2.ClH/c1-17-13-18(2)16-29(15-17)35(32,33)21-8-5-19(6-9-21)24(31)30(12-11-28(3)4)25-27-22-10-7-20(26)14-23(22)34-25;/h5-10,14,17-18H,11-13,15-16H2,1-4H3;1H. The Morgan fingerprint density at radius 3 is 2.33 bits per heavy atom. The minimum absolute atomic E-state index is 0. The second-order valence-corrected chi connectivity index (χ2v) is 13.5. The molecule has 0 N–H and O–H groups in total. The number of amides is 1. The summed E-state index contributed by atoms with van der Waals surface area (Å²) in [5, 5.41) is 0.623. The van der Waals surface area contributed by atoms with Crippen LogP contribution < -0.4 is 4.90 Å². The normalized spacial score (nSPS) is 18.8. The zero-order chi connectivity index (χ0) is 25.3. The third-order valence-electron chi connectivity index (χ3n) is 6.16. The molecule has 2 atom stereocenters. The highest BCUT2D eigenvalue weighted by molar-refractivity contribution is 9.10. The maximum atomic E-state index is 13.6. The Hall–Kier alpha value is -1.56. The monoisotopic (exact) mass is 614 g/mol. The molecule has 2 heterocycles. The van der Waals surface area contributed by atoms with Crippen LogP contribution in [0.2, 0.25) is 0 Å². The van der Waals surface area contributed by atoms with Gasteiger partial charge in [-0.3, -0.25) is 9.69 Å². The number of piperidine rings is 1. The third-order valence-corrected chi connectivity index (χ3v) is 9.54. The molecule has 2 aromatic carbocycles. The first kappa shape index (κ1) is 29.0. The summed E-state index contributed by atoms with van der Waals surface area (Å²) in [6, 6.07) is 12.2. The molecule has 1 aliphatic rings. The molecule has 3 aromatic rings. The molecular formula is C25H32BrClN4O3S2. The second kappa shape index (κ2) is 11.9. The van der Waals surface area contributed by atoms with Crippen LogP contribution in [0, 0.1) is 11.8 Å². The Labute approximate surface area is 232 Å². The van der Waals surface area contributed by atoms with Gasteiger partial charge < -0.3 is 4.90 Å². The zero-order valence-electron chi connectivity index (χ0n) is 20.8. The molecule has 11 heteroatoms. The highest BCUT2D eigenvalue weighted by Crippen LogP contribution is 2.32. The van der Waals surface area contributed by atoms with E-state index in [4.69, 9.17) is 4.98 Å². The number of carbonyl (C=O) groups excluding carboxylic acids is 1. The summed E-state index contributed by atoms with van der Waals surface area (Å²) in [5.74, 6) is 0.456. The Morgan fingerprint density at radius 2 is 1.72 bits per heavy atom. The van der Waals surface area contributed by atoms with E-state index in [0.29, 0.717) is 48.7 Å². The highest BCUT2D eigenvalue weighted by Gasteiger charge is 2.32. The SMILES string of the molecule is CC1CC(C)CN(S(=O)(=O)c2ccc(C(=O)N(CCN(C)C)c3nc4ccc(Br)cc4s3)cc2)C1.Cl. The van der Waals surface area contributed by atoms with Gasteiger partial charge in [0, 0.05) is 36.2 Å². The van der Waals surface area contributed by atoms with E-state index in [1.807, 2.05) is 37.2 Å². The summed E-state index contributed by atoms with van der Waals surface area (Å²) in [6.45, 7) is 6.37. The van der Waals surface area contributed by atoms with Gasteiger partial charge in [0.1, 0.15) is 0 Å². The number of hydrogen-bond acceptors (Lipinski definition) is 6. The number of anilines is 1. The fraction of sp³-hybridized carbons (Fsp3) is 0.440. The Kier molecular flexibility index (Phi) is 9.57. The van der Waals surface area contributed by atoms with E-state index in [0.717, 1.165) is 21.1 Å². The number of halogens is 2. The topological polar surface area (TPSA) is 73.8 Å². The molecule has 1 aromatic heterocycles. The van der Waals surface area contributed by atoms with Crippen molar-refractivity contribution in [3.05, 3.63) is 52.5 Å². The number of likely N-dealkylation sites (N-methyl/N-ethyl adjacent to an activating group) is 1. The summed E-state index contributed by atoms with van der Waals surface area (Å²) in [5.41, 5.74) is 1.27. The molecule has 2 unspecified atom stereocenters. The van der Waals surface area contributed by atoms with E-state index in [1.54, 1.807) is 33.5 Å². The van der Waals surface area contributed by atoms with Crippen LogP contribution in [0.25, 0.3) is 10.2 Å². The van der Waals surface area contributed by atoms with E-state index in [1.165, 1.54) is 11.3 Å². The maximum absolute atomic E-state index is 13.6. The lowest BCUT2D eigenvalue weighted by molar-refractivity contribution is 0.0985. The largest absolute Gasteiger partial charge is 0.308 e. The highest BCUT2D eigenvalue weighted by atomic mass is 79.9. The van der Waals surface area contributed by atoms with Gasteiger partial charge in [0.25, 0.3) is 5.91 Å². The van der Waals surface area contributed by atoms with Gasteiger partial charge >= 0.3 is 0 Å². The minimum Gasteiger partial charge on any atom is -0.308 e. The Balaban J connectivity index is 0.00000361. The van der Waals surface area contributed by atoms with Gasteiger partial charge in [-0.05, 0) is 74.8 Å². The van der Waals surface area contributed by atoms with Crippen LogP contribution >= 0.6 is 39.7 Å². The van der Waals surface area contributed by atoms with E-state index < -0.39 is 10.0 Å². The van der Waals surface area contributed by atoms with Crippen molar-refractivity contribution in [2.45, 2.75) is 25.2 Å². The van der Waals surface area contributed by atoms with Crippen LogP contribution in [-0.2, 0) is 10.0 Å². The number of sulfonamides is 1. The molecular weight excluding hydrogens is 584 g/mol. The number of fused-ring (bicyclic) bond motifs is 1. The van der Waals surface area contributed by atoms with E-state index in [2.05, 4.69) is 29.8 Å². The molecule has 1 aliphatic heterocycles. The number of rotatable bonds is 7.